The highest BCUT2D eigenvalue weighted by Crippen LogP contribution is 2.22. The van der Waals surface area contributed by atoms with E-state index in [0.717, 1.165) is 11.1 Å². The van der Waals surface area contributed by atoms with E-state index in [0.29, 0.717) is 12.3 Å². The Morgan fingerprint density at radius 1 is 1.38 bits per heavy atom. The molecule has 2 rings (SSSR count). The van der Waals surface area contributed by atoms with E-state index in [9.17, 15) is 9.59 Å². The van der Waals surface area contributed by atoms with Gasteiger partial charge in [0.05, 0.1) is 13.2 Å². The van der Waals surface area contributed by atoms with Crippen LogP contribution in [0.3, 0.4) is 0 Å². The Bertz CT molecular complexity index is 523. The van der Waals surface area contributed by atoms with Crippen molar-refractivity contribution in [3.63, 3.8) is 0 Å². The zero-order valence-corrected chi connectivity index (χ0v) is 12.2. The molecule has 0 bridgehead atoms. The molecule has 1 fully saturated rings. The minimum atomic E-state index is -1.05. The number of benzene rings is 1. The Kier molecular flexibility index (Phi) is 4.80. The first-order valence-electron chi connectivity index (χ1n) is 6.80. The van der Waals surface area contributed by atoms with Crippen LogP contribution in [0.15, 0.2) is 18.2 Å². The Morgan fingerprint density at radius 3 is 2.67 bits per heavy atom. The third-order valence-corrected chi connectivity index (χ3v) is 3.44. The summed E-state index contributed by atoms with van der Waals surface area (Å²) in [6.07, 6.45) is -0.956. The topological polar surface area (TPSA) is 76.1 Å². The zero-order chi connectivity index (χ0) is 15.4. The molecule has 1 aromatic carbocycles. The molecule has 6 heteroatoms. The molecular weight excluding hydrogens is 274 g/mol. The van der Waals surface area contributed by atoms with Crippen LogP contribution in [0.1, 0.15) is 11.1 Å². The zero-order valence-electron chi connectivity index (χ0n) is 12.2. The van der Waals surface area contributed by atoms with E-state index in [4.69, 9.17) is 14.6 Å². The Labute approximate surface area is 123 Å². The van der Waals surface area contributed by atoms with E-state index in [1.807, 2.05) is 32.0 Å². The van der Waals surface area contributed by atoms with E-state index in [2.05, 4.69) is 0 Å². The quantitative estimate of drug-likeness (QED) is 0.896. The lowest BCUT2D eigenvalue weighted by molar-refractivity contribution is -0.159. The van der Waals surface area contributed by atoms with Gasteiger partial charge in [-0.25, -0.2) is 4.79 Å². The number of hydrogen-bond donors (Lipinski definition) is 1. The summed E-state index contributed by atoms with van der Waals surface area (Å²) in [5, 5.41) is 8.92. The SMILES string of the molecule is Cc1cccc(C)c1OCC(=O)N1CCOC(C(=O)O)C1. The van der Waals surface area contributed by atoms with Gasteiger partial charge in [-0.1, -0.05) is 18.2 Å². The van der Waals surface area contributed by atoms with Crippen molar-refractivity contribution in [1.29, 1.82) is 0 Å². The van der Waals surface area contributed by atoms with Gasteiger partial charge in [0, 0.05) is 6.54 Å². The molecule has 1 heterocycles. The van der Waals surface area contributed by atoms with Gasteiger partial charge in [-0.2, -0.15) is 0 Å². The number of amides is 1. The predicted molar refractivity (Wildman–Crippen MR) is 75.4 cm³/mol. The number of para-hydroxylation sites is 1. The summed E-state index contributed by atoms with van der Waals surface area (Å²) in [6.45, 7) is 4.41. The Balaban J connectivity index is 1.94. The highest BCUT2D eigenvalue weighted by Gasteiger charge is 2.29. The van der Waals surface area contributed by atoms with Crippen LogP contribution in [0.4, 0.5) is 0 Å². The molecule has 21 heavy (non-hydrogen) atoms. The number of carboxylic acids is 1. The van der Waals surface area contributed by atoms with E-state index in [1.165, 1.54) is 4.90 Å². The lowest BCUT2D eigenvalue weighted by Crippen LogP contribution is -2.49. The van der Waals surface area contributed by atoms with E-state index >= 15 is 0 Å². The molecule has 1 aliphatic heterocycles. The van der Waals surface area contributed by atoms with Crippen LogP contribution in [-0.4, -0.2) is 54.3 Å². The van der Waals surface area contributed by atoms with E-state index in [1.54, 1.807) is 0 Å². The van der Waals surface area contributed by atoms with Gasteiger partial charge in [-0.3, -0.25) is 4.79 Å². The van der Waals surface area contributed by atoms with Crippen LogP contribution in [0.5, 0.6) is 5.75 Å². The normalized spacial score (nSPS) is 18.4. The van der Waals surface area contributed by atoms with E-state index < -0.39 is 12.1 Å². The molecule has 1 aromatic rings. The second kappa shape index (κ2) is 6.58. The number of rotatable bonds is 4. The van der Waals surface area contributed by atoms with Crippen molar-refractivity contribution >= 4 is 11.9 Å². The second-order valence-corrected chi connectivity index (χ2v) is 5.05. The maximum absolute atomic E-state index is 12.1. The monoisotopic (exact) mass is 293 g/mol. The van der Waals surface area contributed by atoms with E-state index in [-0.39, 0.29) is 25.7 Å². The standard InChI is InChI=1S/C15H19NO5/c1-10-4-3-5-11(2)14(10)21-9-13(17)16-6-7-20-12(8-16)15(18)19/h3-5,12H,6-9H2,1-2H3,(H,18,19). The third-order valence-electron chi connectivity index (χ3n) is 3.44. The first kappa shape index (κ1) is 15.3. The number of nitrogens with zero attached hydrogens (tertiary/aromatic N) is 1. The summed E-state index contributed by atoms with van der Waals surface area (Å²) < 4.78 is 10.7. The molecule has 1 amide bonds. The number of carbonyl (C=O) groups is 2. The van der Waals surface area contributed by atoms with Gasteiger partial charge in [0.2, 0.25) is 0 Å². The lowest BCUT2D eigenvalue weighted by Gasteiger charge is -2.30. The molecule has 0 spiro atoms. The maximum Gasteiger partial charge on any atom is 0.334 e. The number of carbonyl (C=O) groups excluding carboxylic acids is 1. The average molecular weight is 293 g/mol. The summed E-state index contributed by atoms with van der Waals surface area (Å²) in [7, 11) is 0. The van der Waals surface area contributed by atoms with Gasteiger partial charge < -0.3 is 19.5 Å². The molecule has 6 nitrogen and oxygen atoms in total. The predicted octanol–water partition coefficient (Wildman–Crippen LogP) is 0.994. The van der Waals surface area contributed by atoms with Crippen LogP contribution >= 0.6 is 0 Å². The Morgan fingerprint density at radius 2 is 2.05 bits per heavy atom. The summed E-state index contributed by atoms with van der Waals surface area (Å²) in [5.74, 6) is -0.579. The van der Waals surface area contributed by atoms with Gasteiger partial charge in [-0.15, -0.1) is 0 Å². The summed E-state index contributed by atoms with van der Waals surface area (Å²) in [4.78, 5) is 24.5. The Hall–Kier alpha value is -2.08. The minimum Gasteiger partial charge on any atom is -0.483 e. The van der Waals surface area contributed by atoms with Gasteiger partial charge in [0.1, 0.15) is 5.75 Å². The third kappa shape index (κ3) is 3.72. The van der Waals surface area contributed by atoms with Crippen LogP contribution in [0.2, 0.25) is 0 Å². The van der Waals surface area contributed by atoms with Gasteiger partial charge in [0.15, 0.2) is 12.7 Å². The maximum atomic E-state index is 12.1. The van der Waals surface area contributed by atoms with Crippen molar-refractivity contribution < 1.29 is 24.2 Å². The molecule has 1 aliphatic rings. The van der Waals surface area contributed by atoms with Crippen LogP contribution in [0.25, 0.3) is 0 Å². The highest BCUT2D eigenvalue weighted by molar-refractivity contribution is 5.80. The van der Waals surface area contributed by atoms with Crippen molar-refractivity contribution in [2.45, 2.75) is 20.0 Å². The molecule has 114 valence electrons. The fourth-order valence-corrected chi connectivity index (χ4v) is 2.28. The van der Waals surface area contributed by atoms with Crippen molar-refractivity contribution in [1.82, 2.24) is 4.90 Å². The molecule has 0 aromatic heterocycles. The van der Waals surface area contributed by atoms with Crippen molar-refractivity contribution in [3.05, 3.63) is 29.3 Å². The molecule has 1 saturated heterocycles. The van der Waals surface area contributed by atoms with Crippen LogP contribution in [-0.2, 0) is 14.3 Å². The van der Waals surface area contributed by atoms with Gasteiger partial charge in [0.25, 0.3) is 5.91 Å². The lowest BCUT2D eigenvalue weighted by atomic mass is 10.1. The second-order valence-electron chi connectivity index (χ2n) is 5.05. The molecule has 1 unspecified atom stereocenters. The van der Waals surface area contributed by atoms with Crippen molar-refractivity contribution in [3.8, 4) is 5.75 Å². The summed E-state index contributed by atoms with van der Waals surface area (Å²) >= 11 is 0. The molecule has 1 atom stereocenters. The smallest absolute Gasteiger partial charge is 0.334 e. The number of carboxylic acid groups (broad SMARTS) is 1. The molecule has 0 radical (unpaired) electrons. The highest BCUT2D eigenvalue weighted by atomic mass is 16.5. The molecule has 0 saturated carbocycles. The number of ether oxygens (including phenoxy) is 2. The van der Waals surface area contributed by atoms with Crippen molar-refractivity contribution in [2.75, 3.05) is 26.3 Å². The fourth-order valence-electron chi connectivity index (χ4n) is 2.28. The fraction of sp³-hybridized carbons (Fsp3) is 0.467. The first-order valence-corrected chi connectivity index (χ1v) is 6.80. The molecule has 1 N–H and O–H groups in total. The average Bonchev–Trinajstić information content (AvgIpc) is 2.46. The van der Waals surface area contributed by atoms with Crippen LogP contribution < -0.4 is 4.74 Å². The molecular formula is C15H19NO5. The minimum absolute atomic E-state index is 0.0598. The molecule has 0 aliphatic carbocycles. The van der Waals surface area contributed by atoms with Gasteiger partial charge >= 0.3 is 5.97 Å². The number of aryl methyl sites for hydroxylation is 2. The first-order chi connectivity index (χ1) is 9.99. The summed E-state index contributed by atoms with van der Waals surface area (Å²) in [6, 6.07) is 5.77. The summed E-state index contributed by atoms with van der Waals surface area (Å²) in [5.41, 5.74) is 1.93. The van der Waals surface area contributed by atoms with Crippen molar-refractivity contribution in [2.24, 2.45) is 0 Å². The van der Waals surface area contributed by atoms with Crippen LogP contribution in [0, 0.1) is 13.8 Å². The number of aliphatic carboxylic acids is 1. The largest absolute Gasteiger partial charge is 0.483 e. The number of hydrogen-bond acceptors (Lipinski definition) is 4. The number of morpholine rings is 1. The van der Waals surface area contributed by atoms with Gasteiger partial charge in [-0.05, 0) is 25.0 Å².